The van der Waals surface area contributed by atoms with E-state index in [0.717, 1.165) is 0 Å². The minimum atomic E-state index is -2.78. The van der Waals surface area contributed by atoms with Crippen molar-refractivity contribution in [3.8, 4) is 22.5 Å². The lowest BCUT2D eigenvalue weighted by atomic mass is 9.71. The molecule has 1 saturated heterocycles. The Bertz CT molecular complexity index is 1880. The molecule has 0 saturated carbocycles. The number of rotatable bonds is 9. The Morgan fingerprint density at radius 2 is 1.82 bits per heavy atom. The molecular formula is C34H38ClF2N9O3. The second-order valence-electron chi connectivity index (χ2n) is 13.8. The van der Waals surface area contributed by atoms with Crippen LogP contribution in [0.1, 0.15) is 65.3 Å². The van der Waals surface area contributed by atoms with E-state index in [9.17, 15) is 18.4 Å². The largest absolute Gasteiger partial charge is 0.447 e. The molecular weight excluding hydrogens is 656 g/mol. The first kappa shape index (κ1) is 35.2. The Morgan fingerprint density at radius 1 is 1.12 bits per heavy atom. The van der Waals surface area contributed by atoms with Gasteiger partial charge in [0.15, 0.2) is 17.3 Å². The smallest absolute Gasteiger partial charge is 0.407 e. The molecule has 0 spiro atoms. The molecule has 2 atom stereocenters. The number of hydrogen-bond acceptors (Lipinski definition) is 7. The summed E-state index contributed by atoms with van der Waals surface area (Å²) in [5.41, 5.74) is 0.159. The second kappa shape index (κ2) is 13.1. The zero-order valence-corrected chi connectivity index (χ0v) is 28.7. The van der Waals surface area contributed by atoms with Crippen molar-refractivity contribution in [2.75, 3.05) is 6.61 Å². The summed E-state index contributed by atoms with van der Waals surface area (Å²) < 4.78 is 32.6. The van der Waals surface area contributed by atoms with Crippen molar-refractivity contribution >= 4 is 29.6 Å². The van der Waals surface area contributed by atoms with Crippen LogP contribution in [-0.2, 0) is 15.1 Å². The topological polar surface area (TPSA) is 154 Å². The maximum atomic E-state index is 15.0. The summed E-state index contributed by atoms with van der Waals surface area (Å²) >= 11 is 6.53. The number of H-pyrrole nitrogens is 1. The summed E-state index contributed by atoms with van der Waals surface area (Å²) in [6.45, 7) is 12.4. The van der Waals surface area contributed by atoms with Crippen LogP contribution < -0.4 is 10.6 Å². The summed E-state index contributed by atoms with van der Waals surface area (Å²) in [7, 11) is 0. The Balaban J connectivity index is 1.59. The van der Waals surface area contributed by atoms with Gasteiger partial charge in [0.05, 0.1) is 17.3 Å². The number of ether oxygens (including phenoxy) is 1. The molecule has 0 unspecified atom stereocenters. The number of benzene rings is 2. The van der Waals surface area contributed by atoms with E-state index in [1.807, 2.05) is 20.8 Å². The number of amides is 2. The summed E-state index contributed by atoms with van der Waals surface area (Å²) in [4.78, 5) is 33.3. The monoisotopic (exact) mass is 693 g/mol. The summed E-state index contributed by atoms with van der Waals surface area (Å²) in [6.07, 6.45) is 3.20. The van der Waals surface area contributed by atoms with Gasteiger partial charge in [-0.1, -0.05) is 69.3 Å². The first-order valence-electron chi connectivity index (χ1n) is 15.4. The van der Waals surface area contributed by atoms with Gasteiger partial charge in [-0.05, 0) is 60.6 Å². The Labute approximate surface area is 287 Å². The summed E-state index contributed by atoms with van der Waals surface area (Å²) in [6, 6.07) is 10.8. The molecule has 1 aliphatic heterocycles. The van der Waals surface area contributed by atoms with Gasteiger partial charge in [-0.3, -0.25) is 20.2 Å². The molecule has 2 aromatic heterocycles. The van der Waals surface area contributed by atoms with E-state index in [1.54, 1.807) is 63.2 Å². The summed E-state index contributed by atoms with van der Waals surface area (Å²) in [5.74, 6) is -0.400. The van der Waals surface area contributed by atoms with Gasteiger partial charge in [0.1, 0.15) is 12.9 Å². The van der Waals surface area contributed by atoms with Crippen molar-refractivity contribution in [2.24, 2.45) is 5.41 Å². The lowest BCUT2D eigenvalue weighted by Crippen LogP contribution is -2.49. The fourth-order valence-corrected chi connectivity index (χ4v) is 5.80. The number of nitrogens with zero attached hydrogens (tertiary/aromatic N) is 5. The van der Waals surface area contributed by atoms with Gasteiger partial charge in [0.2, 0.25) is 0 Å². The highest BCUT2D eigenvalue weighted by Crippen LogP contribution is 2.46. The molecule has 0 aliphatic carbocycles. The fourth-order valence-electron chi connectivity index (χ4n) is 5.60. The van der Waals surface area contributed by atoms with Gasteiger partial charge in [0.25, 0.3) is 5.91 Å². The van der Waals surface area contributed by atoms with Crippen molar-refractivity contribution < 1.29 is 23.1 Å². The van der Waals surface area contributed by atoms with Crippen LogP contribution in [0.15, 0.2) is 73.3 Å². The maximum Gasteiger partial charge on any atom is 0.407 e. The average Bonchev–Trinajstić information content (AvgIpc) is 3.78. The molecule has 1 aliphatic rings. The maximum absolute atomic E-state index is 15.0. The molecule has 258 valence electrons. The van der Waals surface area contributed by atoms with Crippen LogP contribution in [0.3, 0.4) is 0 Å². The van der Waals surface area contributed by atoms with Gasteiger partial charge in [-0.15, -0.1) is 0 Å². The van der Waals surface area contributed by atoms with E-state index in [2.05, 4.69) is 37.5 Å². The second-order valence-corrected chi connectivity index (χ2v) is 14.2. The highest BCUT2D eigenvalue weighted by atomic mass is 35.5. The number of guanidine groups is 1. The third-order valence-corrected chi connectivity index (χ3v) is 8.43. The number of aromatic nitrogens is 5. The van der Waals surface area contributed by atoms with E-state index in [4.69, 9.17) is 21.7 Å². The van der Waals surface area contributed by atoms with E-state index in [-0.39, 0.29) is 12.6 Å². The van der Waals surface area contributed by atoms with Crippen molar-refractivity contribution in [1.82, 2.24) is 40.5 Å². The van der Waals surface area contributed by atoms with Crippen LogP contribution >= 0.6 is 11.6 Å². The number of carbonyl (C=O) groups excluding carboxylic acids is 2. The lowest BCUT2D eigenvalue weighted by molar-refractivity contribution is -0.132. The quantitative estimate of drug-likeness (QED) is 0.140. The van der Waals surface area contributed by atoms with Crippen LogP contribution in [-0.4, -0.2) is 60.0 Å². The van der Waals surface area contributed by atoms with Gasteiger partial charge in [-0.25, -0.2) is 14.5 Å². The highest BCUT2D eigenvalue weighted by molar-refractivity contribution is 6.33. The molecule has 1 fully saturated rings. The molecule has 15 heteroatoms. The predicted octanol–water partition coefficient (Wildman–Crippen LogP) is 6.81. The molecule has 12 nitrogen and oxygen atoms in total. The van der Waals surface area contributed by atoms with E-state index in [0.29, 0.717) is 48.9 Å². The molecule has 49 heavy (non-hydrogen) atoms. The van der Waals surface area contributed by atoms with Crippen LogP contribution in [0.25, 0.3) is 22.5 Å². The highest BCUT2D eigenvalue weighted by Gasteiger charge is 2.57. The number of halogens is 3. The van der Waals surface area contributed by atoms with Gasteiger partial charge < -0.3 is 15.4 Å². The molecule has 5 rings (SSSR count). The van der Waals surface area contributed by atoms with Crippen LogP contribution in [0.4, 0.5) is 13.6 Å². The van der Waals surface area contributed by atoms with Crippen LogP contribution in [0.5, 0.6) is 0 Å². The van der Waals surface area contributed by atoms with E-state index in [1.165, 1.54) is 23.6 Å². The first-order valence-corrected chi connectivity index (χ1v) is 15.7. The molecule has 0 bridgehead atoms. The van der Waals surface area contributed by atoms with Crippen molar-refractivity contribution in [2.45, 2.75) is 65.2 Å². The normalized spacial score (nSPS) is 17.3. The zero-order valence-electron chi connectivity index (χ0n) is 27.9. The zero-order chi connectivity index (χ0) is 35.9. The minimum absolute atomic E-state index is 0.251. The molecule has 2 amide bonds. The van der Waals surface area contributed by atoms with Crippen molar-refractivity contribution in [1.29, 1.82) is 5.41 Å². The van der Waals surface area contributed by atoms with E-state index >= 15 is 0 Å². The number of hydrogen-bond donors (Lipinski definition) is 4. The Morgan fingerprint density at radius 3 is 2.39 bits per heavy atom. The first-order chi connectivity index (χ1) is 22.9. The Hall–Kier alpha value is -5.11. The third kappa shape index (κ3) is 7.05. The number of aromatic amines is 1. The Kier molecular flexibility index (Phi) is 9.39. The van der Waals surface area contributed by atoms with Crippen LogP contribution in [0, 0.1) is 10.8 Å². The van der Waals surface area contributed by atoms with Crippen molar-refractivity contribution in [3.63, 3.8) is 0 Å². The van der Waals surface area contributed by atoms with Gasteiger partial charge in [0, 0.05) is 22.9 Å². The van der Waals surface area contributed by atoms with Crippen molar-refractivity contribution in [3.05, 3.63) is 89.5 Å². The molecule has 2 aromatic carbocycles. The number of alkyl halides is 2. The fraction of sp³-hybridized carbons (Fsp3) is 0.353. The SMILES string of the molecule is C=C(C(C)(C)C)[C@]1(c2ccc(-c3cnn(C(F)F)c3)cc2)NC(=N)N([C@H](COC(=O)NC(C)(C)C)c2ccc(Cl)c(-c3ncn[nH]3)c2)C1=O. The molecule has 4 N–H and O–H groups in total. The summed E-state index contributed by atoms with van der Waals surface area (Å²) in [5, 5.41) is 25.8. The number of carbonyl (C=O) groups is 2. The van der Waals surface area contributed by atoms with Gasteiger partial charge in [-0.2, -0.15) is 19.0 Å². The molecule has 0 radical (unpaired) electrons. The average molecular weight is 694 g/mol. The lowest BCUT2D eigenvalue weighted by Gasteiger charge is -2.37. The third-order valence-electron chi connectivity index (χ3n) is 8.10. The predicted molar refractivity (Wildman–Crippen MR) is 181 cm³/mol. The van der Waals surface area contributed by atoms with E-state index < -0.39 is 41.1 Å². The minimum Gasteiger partial charge on any atom is -0.447 e. The standard InChI is InChI=1S/C34H38ClF2N9O3/c1-19(32(2,3)4)34(23-11-8-20(9-12-23)22-15-41-45(16-22)29(36)37)28(47)46(30(38)42-34)26(17-49-31(48)43-33(5,6)7)21-10-13-25(35)24(14-21)27-39-18-40-44-27/h8-16,18,26,29H,1,17H2,2-7H3,(H2,38,42)(H,43,48)(H,39,40,44)/t26-,34-/m1/s1. The van der Waals surface area contributed by atoms with Gasteiger partial charge >= 0.3 is 12.6 Å². The molecule has 3 heterocycles. The van der Waals surface area contributed by atoms with Crippen LogP contribution in [0.2, 0.25) is 5.02 Å². The molecule has 4 aromatic rings. The number of alkyl carbamates (subject to hydrolysis) is 1. The number of nitrogens with one attached hydrogen (secondary N) is 4.